The Morgan fingerprint density at radius 2 is 1.68 bits per heavy atom. The average Bonchev–Trinajstić information content (AvgIpc) is 2.53. The van der Waals surface area contributed by atoms with E-state index in [1.165, 1.54) is 13.0 Å². The van der Waals surface area contributed by atoms with Crippen molar-refractivity contribution in [2.45, 2.75) is 13.5 Å². The lowest BCUT2D eigenvalue weighted by atomic mass is 10.2. The van der Waals surface area contributed by atoms with Gasteiger partial charge in [0.05, 0.1) is 0 Å². The Hall–Kier alpha value is -2.88. The zero-order valence-electron chi connectivity index (χ0n) is 12.4. The Morgan fingerprint density at radius 1 is 1.00 bits per heavy atom. The van der Waals surface area contributed by atoms with Gasteiger partial charge in [-0.3, -0.25) is 9.59 Å². The van der Waals surface area contributed by atoms with Gasteiger partial charge in [0.2, 0.25) is 11.8 Å². The molecule has 0 aromatic heterocycles. The van der Waals surface area contributed by atoms with Crippen LogP contribution in [0.3, 0.4) is 0 Å². The molecule has 0 fully saturated rings. The van der Waals surface area contributed by atoms with E-state index in [1.54, 1.807) is 6.08 Å². The monoisotopic (exact) mass is 294 g/mol. The highest BCUT2D eigenvalue weighted by molar-refractivity contribution is 5.91. The molecular weight excluding hydrogens is 276 g/mol. The lowest BCUT2D eigenvalue weighted by Crippen LogP contribution is -2.20. The molecule has 4 nitrogen and oxygen atoms in total. The standard InChI is InChI=1S/C18H18N2O2/c1-14(21)20-17-10-7-16(8-11-17)13-19-18(22)12-9-15-5-3-2-4-6-15/h2-12H,13H2,1H3,(H,19,22)(H,20,21)/b12-9+. The van der Waals surface area contributed by atoms with Crippen LogP contribution < -0.4 is 10.6 Å². The van der Waals surface area contributed by atoms with Crippen molar-refractivity contribution >= 4 is 23.6 Å². The van der Waals surface area contributed by atoms with E-state index in [-0.39, 0.29) is 11.8 Å². The minimum absolute atomic E-state index is 0.105. The van der Waals surface area contributed by atoms with Gasteiger partial charge < -0.3 is 10.6 Å². The maximum atomic E-state index is 11.7. The second kappa shape index (κ2) is 7.78. The number of anilines is 1. The summed E-state index contributed by atoms with van der Waals surface area (Å²) >= 11 is 0. The Kier molecular flexibility index (Phi) is 5.49. The molecule has 0 saturated heterocycles. The molecule has 2 amide bonds. The first kappa shape index (κ1) is 15.5. The summed E-state index contributed by atoms with van der Waals surface area (Å²) in [6.07, 6.45) is 3.29. The molecule has 2 N–H and O–H groups in total. The highest BCUT2D eigenvalue weighted by atomic mass is 16.2. The zero-order valence-corrected chi connectivity index (χ0v) is 12.4. The lowest BCUT2D eigenvalue weighted by molar-refractivity contribution is -0.116. The Morgan fingerprint density at radius 3 is 2.32 bits per heavy atom. The van der Waals surface area contributed by atoms with Gasteiger partial charge in [-0.15, -0.1) is 0 Å². The van der Waals surface area contributed by atoms with Crippen molar-refractivity contribution in [1.82, 2.24) is 5.32 Å². The number of amides is 2. The molecule has 0 spiro atoms. The maximum Gasteiger partial charge on any atom is 0.244 e. The minimum atomic E-state index is -0.144. The highest BCUT2D eigenvalue weighted by Gasteiger charge is 1.99. The third kappa shape index (κ3) is 5.25. The smallest absolute Gasteiger partial charge is 0.244 e. The van der Waals surface area contributed by atoms with Gasteiger partial charge in [-0.2, -0.15) is 0 Å². The summed E-state index contributed by atoms with van der Waals surface area (Å²) in [5.74, 6) is -0.248. The van der Waals surface area contributed by atoms with Crippen molar-refractivity contribution in [2.24, 2.45) is 0 Å². The number of nitrogens with one attached hydrogen (secondary N) is 2. The van der Waals surface area contributed by atoms with Crippen LogP contribution in [0.4, 0.5) is 5.69 Å². The highest BCUT2D eigenvalue weighted by Crippen LogP contribution is 2.09. The quantitative estimate of drug-likeness (QED) is 0.833. The number of benzene rings is 2. The van der Waals surface area contributed by atoms with E-state index < -0.39 is 0 Å². The van der Waals surface area contributed by atoms with E-state index in [4.69, 9.17) is 0 Å². The Bertz CT molecular complexity index is 661. The largest absolute Gasteiger partial charge is 0.348 e. The van der Waals surface area contributed by atoms with E-state index in [1.807, 2.05) is 54.6 Å². The molecule has 2 rings (SSSR count). The van der Waals surface area contributed by atoms with Crippen molar-refractivity contribution in [2.75, 3.05) is 5.32 Å². The molecule has 0 aliphatic rings. The summed E-state index contributed by atoms with van der Waals surface area (Å²) in [6.45, 7) is 1.91. The molecule has 22 heavy (non-hydrogen) atoms. The van der Waals surface area contributed by atoms with Gasteiger partial charge in [-0.05, 0) is 29.3 Å². The van der Waals surface area contributed by atoms with Gasteiger partial charge in [0.1, 0.15) is 0 Å². The average molecular weight is 294 g/mol. The first-order chi connectivity index (χ1) is 10.6. The Labute approximate surface area is 129 Å². The molecule has 0 aliphatic heterocycles. The topological polar surface area (TPSA) is 58.2 Å². The van der Waals surface area contributed by atoms with E-state index in [0.717, 1.165) is 16.8 Å². The van der Waals surface area contributed by atoms with Gasteiger partial charge in [0.15, 0.2) is 0 Å². The first-order valence-corrected chi connectivity index (χ1v) is 7.01. The third-order valence-electron chi connectivity index (χ3n) is 2.97. The molecule has 0 saturated carbocycles. The van der Waals surface area contributed by atoms with Crippen LogP contribution in [-0.2, 0) is 16.1 Å². The molecule has 4 heteroatoms. The summed E-state index contributed by atoms with van der Waals surface area (Å²) in [6, 6.07) is 17.0. The lowest BCUT2D eigenvalue weighted by Gasteiger charge is -2.05. The molecule has 0 aliphatic carbocycles. The van der Waals surface area contributed by atoms with Crippen LogP contribution in [0.25, 0.3) is 6.08 Å². The van der Waals surface area contributed by atoms with Crippen LogP contribution in [0.2, 0.25) is 0 Å². The Balaban J connectivity index is 1.83. The van der Waals surface area contributed by atoms with Gasteiger partial charge in [-0.25, -0.2) is 0 Å². The van der Waals surface area contributed by atoms with Crippen LogP contribution in [0, 0.1) is 0 Å². The predicted octanol–water partition coefficient (Wildman–Crippen LogP) is 2.97. The van der Waals surface area contributed by atoms with Crippen molar-refractivity contribution in [1.29, 1.82) is 0 Å². The number of hydrogen-bond acceptors (Lipinski definition) is 2. The summed E-state index contributed by atoms with van der Waals surface area (Å²) in [7, 11) is 0. The van der Waals surface area contributed by atoms with E-state index in [0.29, 0.717) is 6.54 Å². The fraction of sp³-hybridized carbons (Fsp3) is 0.111. The zero-order chi connectivity index (χ0) is 15.8. The summed E-state index contributed by atoms with van der Waals surface area (Å²) in [5.41, 5.74) is 2.69. The van der Waals surface area contributed by atoms with Crippen molar-refractivity contribution in [3.63, 3.8) is 0 Å². The summed E-state index contributed by atoms with van der Waals surface area (Å²) < 4.78 is 0. The van der Waals surface area contributed by atoms with Crippen LogP contribution in [-0.4, -0.2) is 11.8 Å². The molecule has 0 radical (unpaired) electrons. The molecule has 2 aromatic carbocycles. The molecule has 112 valence electrons. The third-order valence-corrected chi connectivity index (χ3v) is 2.97. The fourth-order valence-corrected chi connectivity index (χ4v) is 1.89. The van der Waals surface area contributed by atoms with Crippen molar-refractivity contribution in [3.05, 3.63) is 71.8 Å². The second-order valence-corrected chi connectivity index (χ2v) is 4.84. The normalized spacial score (nSPS) is 10.4. The van der Waals surface area contributed by atoms with Gasteiger partial charge >= 0.3 is 0 Å². The van der Waals surface area contributed by atoms with Crippen molar-refractivity contribution in [3.8, 4) is 0 Å². The first-order valence-electron chi connectivity index (χ1n) is 7.01. The molecule has 0 bridgehead atoms. The van der Waals surface area contributed by atoms with E-state index >= 15 is 0 Å². The summed E-state index contributed by atoms with van der Waals surface area (Å²) in [5, 5.41) is 5.51. The van der Waals surface area contributed by atoms with Crippen LogP contribution in [0.15, 0.2) is 60.7 Å². The number of carbonyl (C=O) groups is 2. The molecule has 0 heterocycles. The number of hydrogen-bond donors (Lipinski definition) is 2. The number of carbonyl (C=O) groups excluding carboxylic acids is 2. The molecule has 0 unspecified atom stereocenters. The fourth-order valence-electron chi connectivity index (χ4n) is 1.89. The van der Waals surface area contributed by atoms with Gasteiger partial charge in [-0.1, -0.05) is 42.5 Å². The molecule has 0 atom stereocenters. The predicted molar refractivity (Wildman–Crippen MR) is 88.1 cm³/mol. The van der Waals surface area contributed by atoms with Gasteiger partial charge in [0, 0.05) is 25.2 Å². The number of rotatable bonds is 5. The molecular formula is C18H18N2O2. The second-order valence-electron chi connectivity index (χ2n) is 4.84. The van der Waals surface area contributed by atoms with Gasteiger partial charge in [0.25, 0.3) is 0 Å². The van der Waals surface area contributed by atoms with Crippen LogP contribution >= 0.6 is 0 Å². The van der Waals surface area contributed by atoms with Crippen molar-refractivity contribution < 1.29 is 9.59 Å². The van der Waals surface area contributed by atoms with E-state index in [9.17, 15) is 9.59 Å². The van der Waals surface area contributed by atoms with E-state index in [2.05, 4.69) is 10.6 Å². The van der Waals surface area contributed by atoms with Crippen LogP contribution in [0.5, 0.6) is 0 Å². The SMILES string of the molecule is CC(=O)Nc1ccc(CNC(=O)/C=C/c2ccccc2)cc1. The molecule has 2 aromatic rings. The minimum Gasteiger partial charge on any atom is -0.348 e. The van der Waals surface area contributed by atoms with Crippen LogP contribution in [0.1, 0.15) is 18.1 Å². The summed E-state index contributed by atoms with van der Waals surface area (Å²) in [4.78, 5) is 22.7. The maximum absolute atomic E-state index is 11.7.